The van der Waals surface area contributed by atoms with Crippen molar-refractivity contribution in [2.75, 3.05) is 14.1 Å². The molecule has 0 aromatic rings. The zero-order valence-corrected chi connectivity index (χ0v) is 8.55. The smallest absolute Gasteiger partial charge is 0.317 e. The summed E-state index contributed by atoms with van der Waals surface area (Å²) in [5, 5.41) is 0. The van der Waals surface area contributed by atoms with E-state index in [2.05, 4.69) is 0 Å². The van der Waals surface area contributed by atoms with Crippen LogP contribution < -0.4 is 0 Å². The molecule has 3 nitrogen and oxygen atoms in total. The molecule has 0 amide bonds. The summed E-state index contributed by atoms with van der Waals surface area (Å²) < 4.78 is 5.07. The van der Waals surface area contributed by atoms with Gasteiger partial charge in [0.15, 0.2) is 0 Å². The van der Waals surface area contributed by atoms with Gasteiger partial charge in [0, 0.05) is 25.9 Å². The van der Waals surface area contributed by atoms with Crippen LogP contribution in [0.15, 0.2) is 23.1 Å². The van der Waals surface area contributed by atoms with Gasteiger partial charge in [0.05, 0.1) is 6.42 Å². The van der Waals surface area contributed by atoms with E-state index in [0.717, 1.165) is 11.3 Å². The lowest BCUT2D eigenvalue weighted by molar-refractivity contribution is -0.139. The summed E-state index contributed by atoms with van der Waals surface area (Å²) >= 11 is 0. The number of nitrogens with zero attached hydrogens (tertiary/aromatic N) is 1. The van der Waals surface area contributed by atoms with Crippen LogP contribution in [-0.2, 0) is 9.53 Å². The van der Waals surface area contributed by atoms with Crippen LogP contribution in [0.1, 0.15) is 20.3 Å². The van der Waals surface area contributed by atoms with Crippen molar-refractivity contribution in [2.45, 2.75) is 20.3 Å². The Hall–Kier alpha value is -1.25. The van der Waals surface area contributed by atoms with Gasteiger partial charge in [0.1, 0.15) is 5.76 Å². The molecule has 0 aromatic heterocycles. The van der Waals surface area contributed by atoms with Gasteiger partial charge in [0.25, 0.3) is 0 Å². The van der Waals surface area contributed by atoms with Crippen molar-refractivity contribution in [3.63, 3.8) is 0 Å². The van der Waals surface area contributed by atoms with Gasteiger partial charge in [-0.25, -0.2) is 0 Å². The molecule has 0 atom stereocenters. The van der Waals surface area contributed by atoms with E-state index in [1.807, 2.05) is 38.9 Å². The molecule has 0 aliphatic carbocycles. The Kier molecular flexibility index (Phi) is 2.76. The number of cyclic esters (lactones) is 1. The molecule has 0 radical (unpaired) electrons. The molecule has 3 heteroatoms. The number of carbonyl (C=O) groups is 1. The summed E-state index contributed by atoms with van der Waals surface area (Å²) in [7, 11) is 3.85. The molecule has 72 valence electrons. The van der Waals surface area contributed by atoms with Crippen LogP contribution in [-0.4, -0.2) is 25.0 Å². The fourth-order valence-electron chi connectivity index (χ4n) is 1.07. The largest absolute Gasteiger partial charge is 0.426 e. The molecule has 0 N–H and O–H groups in total. The molecule has 0 fully saturated rings. The minimum atomic E-state index is -0.178. The highest BCUT2D eigenvalue weighted by Crippen LogP contribution is 2.20. The molecule has 1 aliphatic rings. The van der Waals surface area contributed by atoms with E-state index in [-0.39, 0.29) is 5.97 Å². The second-order valence-corrected chi connectivity index (χ2v) is 3.55. The number of allylic oxidation sites excluding steroid dienone is 2. The van der Waals surface area contributed by atoms with Gasteiger partial charge < -0.3 is 9.64 Å². The van der Waals surface area contributed by atoms with Gasteiger partial charge in [0.2, 0.25) is 0 Å². The molecule has 13 heavy (non-hydrogen) atoms. The van der Waals surface area contributed by atoms with Crippen LogP contribution in [0.25, 0.3) is 0 Å². The second-order valence-electron chi connectivity index (χ2n) is 3.55. The summed E-state index contributed by atoms with van der Waals surface area (Å²) in [6, 6.07) is 0. The molecule has 0 unspecified atom stereocenters. The van der Waals surface area contributed by atoms with E-state index in [1.165, 1.54) is 0 Å². The lowest BCUT2D eigenvalue weighted by Gasteiger charge is -2.22. The van der Waals surface area contributed by atoms with Crippen molar-refractivity contribution in [1.29, 1.82) is 0 Å². The molecule has 1 heterocycles. The summed E-state index contributed by atoms with van der Waals surface area (Å²) in [6.45, 7) is 3.86. The maximum absolute atomic E-state index is 11.2. The monoisotopic (exact) mass is 181 g/mol. The van der Waals surface area contributed by atoms with Gasteiger partial charge in [-0.05, 0) is 19.4 Å². The maximum Gasteiger partial charge on any atom is 0.317 e. The van der Waals surface area contributed by atoms with Gasteiger partial charge in [-0.3, -0.25) is 4.79 Å². The Bertz CT molecular complexity index is 283. The van der Waals surface area contributed by atoms with Crippen molar-refractivity contribution in [2.24, 2.45) is 0 Å². The topological polar surface area (TPSA) is 29.5 Å². The fraction of sp³-hybridized carbons (Fsp3) is 0.500. The minimum Gasteiger partial charge on any atom is -0.426 e. The van der Waals surface area contributed by atoms with Gasteiger partial charge in [-0.1, -0.05) is 0 Å². The van der Waals surface area contributed by atoms with Crippen molar-refractivity contribution >= 4 is 5.97 Å². The van der Waals surface area contributed by atoms with E-state index < -0.39 is 0 Å². The van der Waals surface area contributed by atoms with Gasteiger partial charge >= 0.3 is 5.97 Å². The zero-order valence-electron chi connectivity index (χ0n) is 8.55. The highest BCUT2D eigenvalue weighted by atomic mass is 16.5. The van der Waals surface area contributed by atoms with Crippen LogP contribution in [0.5, 0.6) is 0 Å². The average Bonchev–Trinajstić information content (AvgIpc) is 2.03. The van der Waals surface area contributed by atoms with E-state index in [9.17, 15) is 4.79 Å². The van der Waals surface area contributed by atoms with Crippen molar-refractivity contribution < 1.29 is 9.53 Å². The van der Waals surface area contributed by atoms with Crippen LogP contribution in [0.2, 0.25) is 0 Å². The quantitative estimate of drug-likeness (QED) is 0.576. The highest BCUT2D eigenvalue weighted by Gasteiger charge is 2.18. The molecular formula is C10H15NO2. The van der Waals surface area contributed by atoms with Gasteiger partial charge in [-0.15, -0.1) is 0 Å². The number of ether oxygens (including phenoxy) is 1. The first kappa shape index (κ1) is 9.84. The second kappa shape index (κ2) is 3.64. The Morgan fingerprint density at radius 3 is 2.54 bits per heavy atom. The number of hydrogen-bond acceptors (Lipinski definition) is 3. The molecule has 0 aromatic carbocycles. The summed E-state index contributed by atoms with van der Waals surface area (Å²) in [4.78, 5) is 13.1. The molecule has 0 saturated carbocycles. The van der Waals surface area contributed by atoms with Crippen LogP contribution in [0.4, 0.5) is 0 Å². The van der Waals surface area contributed by atoms with E-state index in [0.29, 0.717) is 12.2 Å². The lowest BCUT2D eigenvalue weighted by atomic mass is 10.1. The normalized spacial score (nSPS) is 16.5. The Balaban J connectivity index is 2.99. The summed E-state index contributed by atoms with van der Waals surface area (Å²) in [5.41, 5.74) is 2.01. The van der Waals surface area contributed by atoms with Crippen LogP contribution >= 0.6 is 0 Å². The Morgan fingerprint density at radius 1 is 1.46 bits per heavy atom. The third-order valence-corrected chi connectivity index (χ3v) is 1.91. The average molecular weight is 181 g/mol. The molecule has 0 saturated heterocycles. The van der Waals surface area contributed by atoms with E-state index >= 15 is 0 Å². The predicted octanol–water partition coefficient (Wildman–Crippen LogP) is 1.67. The lowest BCUT2D eigenvalue weighted by Crippen LogP contribution is -2.20. The third-order valence-electron chi connectivity index (χ3n) is 1.91. The SMILES string of the molecule is CC(C)=C1C=C(N(C)C)CC(=O)O1. The number of hydrogen-bond donors (Lipinski definition) is 0. The van der Waals surface area contributed by atoms with Gasteiger partial charge in [-0.2, -0.15) is 0 Å². The van der Waals surface area contributed by atoms with Crippen molar-refractivity contribution in [3.05, 3.63) is 23.1 Å². The van der Waals surface area contributed by atoms with Crippen LogP contribution in [0.3, 0.4) is 0 Å². The molecule has 0 spiro atoms. The Morgan fingerprint density at radius 2 is 2.08 bits per heavy atom. The van der Waals surface area contributed by atoms with Crippen molar-refractivity contribution in [1.82, 2.24) is 4.90 Å². The minimum absolute atomic E-state index is 0.178. The zero-order chi connectivity index (χ0) is 10.0. The Labute approximate surface area is 78.7 Å². The number of carbonyl (C=O) groups excluding carboxylic acids is 1. The molecule has 1 aliphatic heterocycles. The first-order valence-corrected chi connectivity index (χ1v) is 4.26. The number of rotatable bonds is 1. The third kappa shape index (κ3) is 2.34. The molecule has 0 bridgehead atoms. The summed E-state index contributed by atoms with van der Waals surface area (Å²) in [6.07, 6.45) is 2.28. The number of esters is 1. The fourth-order valence-corrected chi connectivity index (χ4v) is 1.07. The van der Waals surface area contributed by atoms with Crippen molar-refractivity contribution in [3.8, 4) is 0 Å². The standard InChI is InChI=1S/C10H15NO2/c1-7(2)9-5-8(11(3)4)6-10(12)13-9/h5H,6H2,1-4H3. The summed E-state index contributed by atoms with van der Waals surface area (Å²) in [5.74, 6) is 0.502. The van der Waals surface area contributed by atoms with Crippen LogP contribution in [0, 0.1) is 0 Å². The first-order valence-electron chi connectivity index (χ1n) is 4.26. The predicted molar refractivity (Wildman–Crippen MR) is 50.9 cm³/mol. The molecule has 1 rings (SSSR count). The first-order chi connectivity index (χ1) is 6.00. The molecular weight excluding hydrogens is 166 g/mol. The van der Waals surface area contributed by atoms with E-state index in [1.54, 1.807) is 0 Å². The maximum atomic E-state index is 11.2. The highest BCUT2D eigenvalue weighted by molar-refractivity contribution is 5.75. The van der Waals surface area contributed by atoms with E-state index in [4.69, 9.17) is 4.74 Å².